The van der Waals surface area contributed by atoms with Gasteiger partial charge in [0.2, 0.25) is 10.0 Å². The standard InChI is InChI=1S/C27H39N5O6S2/c1-17(2)23-24(39-27(30-23)32-14-10-19(11-15-32)18-8-12-28-13-9-18)25(33)29-16-22(26(34)35)31-40(36,37)21-6-4-20(38-3)5-7-21/h4-7,17-19,22,28,31H,8-16H2,1-3H3,(H,29,33)(H,34,35)/t22-/m0/s1. The molecule has 3 heterocycles. The molecule has 2 saturated heterocycles. The minimum Gasteiger partial charge on any atom is -0.497 e. The van der Waals surface area contributed by atoms with Gasteiger partial charge in [-0.15, -0.1) is 0 Å². The number of carboxylic acids is 1. The SMILES string of the molecule is COc1ccc(S(=O)(=O)N[C@@H](CNC(=O)c2sc(N3CCC(C4CCNCC4)CC3)nc2C(C)C)C(=O)O)cc1. The number of aliphatic carboxylic acids is 1. The van der Waals surface area contributed by atoms with Gasteiger partial charge in [0, 0.05) is 19.6 Å². The molecule has 220 valence electrons. The van der Waals surface area contributed by atoms with Crippen LogP contribution in [-0.4, -0.2) is 76.3 Å². The Bertz CT molecular complexity index is 1270. The monoisotopic (exact) mass is 593 g/mol. The Labute approximate surface area is 239 Å². The molecule has 2 aliphatic rings. The largest absolute Gasteiger partial charge is 0.497 e. The van der Waals surface area contributed by atoms with Crippen molar-refractivity contribution in [3.8, 4) is 5.75 Å². The molecule has 0 unspecified atom stereocenters. The molecule has 1 aromatic carbocycles. The maximum absolute atomic E-state index is 13.2. The molecule has 13 heteroatoms. The van der Waals surface area contributed by atoms with Crippen LogP contribution in [0.5, 0.6) is 5.75 Å². The highest BCUT2D eigenvalue weighted by molar-refractivity contribution is 7.89. The molecule has 2 fully saturated rings. The second kappa shape index (κ2) is 13.3. The number of thiazole rings is 1. The number of carboxylic acid groups (broad SMARTS) is 1. The predicted octanol–water partition coefficient (Wildman–Crippen LogP) is 2.65. The fourth-order valence-corrected chi connectivity index (χ4v) is 7.73. The first-order valence-corrected chi connectivity index (χ1v) is 16.0. The lowest BCUT2D eigenvalue weighted by Gasteiger charge is -2.37. The van der Waals surface area contributed by atoms with E-state index in [1.807, 2.05) is 13.8 Å². The zero-order chi connectivity index (χ0) is 28.9. The number of ether oxygens (including phenoxy) is 1. The number of aromatic nitrogens is 1. The van der Waals surface area contributed by atoms with Crippen molar-refractivity contribution >= 4 is 38.4 Å². The van der Waals surface area contributed by atoms with Gasteiger partial charge in [0.1, 0.15) is 16.7 Å². The summed E-state index contributed by atoms with van der Waals surface area (Å²) in [4.78, 5) is 32.4. The van der Waals surface area contributed by atoms with E-state index in [1.54, 1.807) is 0 Å². The number of methoxy groups -OCH3 is 1. The lowest BCUT2D eigenvalue weighted by molar-refractivity contribution is -0.138. The van der Waals surface area contributed by atoms with E-state index in [0.29, 0.717) is 16.3 Å². The smallest absolute Gasteiger partial charge is 0.323 e. The number of piperidine rings is 2. The Morgan fingerprint density at radius 2 is 1.75 bits per heavy atom. The molecule has 0 spiro atoms. The van der Waals surface area contributed by atoms with Crippen molar-refractivity contribution in [2.75, 3.05) is 44.7 Å². The number of nitrogens with one attached hydrogen (secondary N) is 3. The van der Waals surface area contributed by atoms with E-state index in [-0.39, 0.29) is 10.8 Å². The molecule has 40 heavy (non-hydrogen) atoms. The van der Waals surface area contributed by atoms with E-state index in [9.17, 15) is 23.1 Å². The molecule has 4 N–H and O–H groups in total. The molecule has 4 rings (SSSR count). The van der Waals surface area contributed by atoms with Crippen LogP contribution < -0.4 is 25.0 Å². The van der Waals surface area contributed by atoms with E-state index in [2.05, 4.69) is 20.3 Å². The van der Waals surface area contributed by atoms with Crippen molar-refractivity contribution < 1.29 is 27.9 Å². The van der Waals surface area contributed by atoms with Crippen LogP contribution in [0, 0.1) is 11.8 Å². The Hall–Kier alpha value is -2.74. The minimum atomic E-state index is -4.14. The van der Waals surface area contributed by atoms with Gasteiger partial charge in [-0.1, -0.05) is 25.2 Å². The summed E-state index contributed by atoms with van der Waals surface area (Å²) < 4.78 is 32.7. The highest BCUT2D eigenvalue weighted by Gasteiger charge is 2.31. The van der Waals surface area contributed by atoms with E-state index < -0.39 is 34.5 Å². The van der Waals surface area contributed by atoms with Gasteiger partial charge in [-0.05, 0) is 80.8 Å². The zero-order valence-electron chi connectivity index (χ0n) is 23.2. The van der Waals surface area contributed by atoms with Crippen LogP contribution in [0.3, 0.4) is 0 Å². The van der Waals surface area contributed by atoms with Crippen LogP contribution >= 0.6 is 11.3 Å². The van der Waals surface area contributed by atoms with Crippen LogP contribution in [0.4, 0.5) is 5.13 Å². The lowest BCUT2D eigenvalue weighted by Crippen LogP contribution is -2.48. The third kappa shape index (κ3) is 7.31. The molecule has 1 atom stereocenters. The van der Waals surface area contributed by atoms with Crippen LogP contribution in [0.15, 0.2) is 29.2 Å². The Balaban J connectivity index is 1.40. The van der Waals surface area contributed by atoms with E-state index >= 15 is 0 Å². The van der Waals surface area contributed by atoms with Crippen LogP contribution in [-0.2, 0) is 14.8 Å². The van der Waals surface area contributed by atoms with Crippen molar-refractivity contribution in [1.29, 1.82) is 0 Å². The maximum atomic E-state index is 13.2. The molecule has 0 radical (unpaired) electrons. The summed E-state index contributed by atoms with van der Waals surface area (Å²) in [7, 11) is -2.69. The molecule has 0 saturated carbocycles. The normalized spacial score (nSPS) is 18.1. The number of amides is 1. The second-order valence-electron chi connectivity index (χ2n) is 10.7. The van der Waals surface area contributed by atoms with Gasteiger partial charge in [-0.2, -0.15) is 4.72 Å². The van der Waals surface area contributed by atoms with E-state index in [0.717, 1.165) is 56.0 Å². The fraction of sp³-hybridized carbons (Fsp3) is 0.593. The Morgan fingerprint density at radius 3 is 2.33 bits per heavy atom. The molecule has 1 amide bonds. The summed E-state index contributed by atoms with van der Waals surface area (Å²) in [6, 6.07) is 4.02. The molecule has 2 aromatic rings. The number of anilines is 1. The van der Waals surface area contributed by atoms with Gasteiger partial charge in [-0.25, -0.2) is 13.4 Å². The first-order chi connectivity index (χ1) is 19.1. The fourth-order valence-electron chi connectivity index (χ4n) is 5.35. The average Bonchev–Trinajstić information content (AvgIpc) is 3.42. The Kier molecular flexibility index (Phi) is 10.0. The summed E-state index contributed by atoms with van der Waals surface area (Å²) in [5.74, 6) is 0.0887. The number of carbonyl (C=O) groups is 2. The summed E-state index contributed by atoms with van der Waals surface area (Å²) in [6.45, 7) is 7.49. The van der Waals surface area contributed by atoms with Crippen LogP contribution in [0.25, 0.3) is 0 Å². The van der Waals surface area contributed by atoms with Crippen molar-refractivity contribution in [2.24, 2.45) is 11.8 Å². The second-order valence-corrected chi connectivity index (χ2v) is 13.4. The van der Waals surface area contributed by atoms with Gasteiger partial charge >= 0.3 is 5.97 Å². The molecule has 2 aliphatic heterocycles. The summed E-state index contributed by atoms with van der Waals surface area (Å²) >= 11 is 1.31. The summed E-state index contributed by atoms with van der Waals surface area (Å²) in [6.07, 6.45) is 4.68. The van der Waals surface area contributed by atoms with Crippen molar-refractivity contribution in [1.82, 2.24) is 20.3 Å². The molecule has 11 nitrogen and oxygen atoms in total. The van der Waals surface area contributed by atoms with E-state index in [1.165, 1.54) is 55.6 Å². The summed E-state index contributed by atoms with van der Waals surface area (Å²) in [5.41, 5.74) is 0.656. The third-order valence-corrected chi connectivity index (χ3v) is 10.3. The van der Waals surface area contributed by atoms with Crippen molar-refractivity contribution in [3.63, 3.8) is 0 Å². The van der Waals surface area contributed by atoms with Crippen LogP contribution in [0.2, 0.25) is 0 Å². The van der Waals surface area contributed by atoms with Crippen molar-refractivity contribution in [3.05, 3.63) is 34.8 Å². The number of sulfonamides is 1. The summed E-state index contributed by atoms with van der Waals surface area (Å²) in [5, 5.41) is 16.5. The minimum absolute atomic E-state index is 0.0122. The number of carbonyl (C=O) groups excluding carboxylic acids is 1. The first kappa shape index (κ1) is 30.2. The zero-order valence-corrected chi connectivity index (χ0v) is 24.8. The third-order valence-electron chi connectivity index (χ3n) is 7.69. The molecular weight excluding hydrogens is 554 g/mol. The highest BCUT2D eigenvalue weighted by atomic mass is 32.2. The highest BCUT2D eigenvalue weighted by Crippen LogP contribution is 2.36. The van der Waals surface area contributed by atoms with Gasteiger partial charge in [0.05, 0.1) is 17.7 Å². The number of nitrogens with zero attached hydrogens (tertiary/aromatic N) is 2. The Morgan fingerprint density at radius 1 is 1.12 bits per heavy atom. The number of rotatable bonds is 11. The van der Waals surface area contributed by atoms with Crippen molar-refractivity contribution in [2.45, 2.75) is 56.4 Å². The maximum Gasteiger partial charge on any atom is 0.323 e. The van der Waals surface area contributed by atoms with E-state index in [4.69, 9.17) is 9.72 Å². The van der Waals surface area contributed by atoms with Gasteiger partial charge in [0.15, 0.2) is 5.13 Å². The van der Waals surface area contributed by atoms with Crippen LogP contribution in [0.1, 0.15) is 60.8 Å². The molecule has 0 aliphatic carbocycles. The topological polar surface area (TPSA) is 150 Å². The predicted molar refractivity (Wildman–Crippen MR) is 154 cm³/mol. The average molecular weight is 594 g/mol. The molecule has 0 bridgehead atoms. The number of hydrogen-bond donors (Lipinski definition) is 4. The lowest BCUT2D eigenvalue weighted by atomic mass is 9.79. The van der Waals surface area contributed by atoms with Gasteiger partial charge < -0.3 is 25.4 Å². The quantitative estimate of drug-likeness (QED) is 0.308. The van der Waals surface area contributed by atoms with Gasteiger partial charge in [0.25, 0.3) is 5.91 Å². The number of benzene rings is 1. The number of hydrogen-bond acceptors (Lipinski definition) is 9. The first-order valence-electron chi connectivity index (χ1n) is 13.7. The van der Waals surface area contributed by atoms with Gasteiger partial charge in [-0.3, -0.25) is 9.59 Å². The molecular formula is C27H39N5O6S2. The molecule has 1 aromatic heterocycles.